The van der Waals surface area contributed by atoms with Crippen LogP contribution in [0.3, 0.4) is 0 Å². The quantitative estimate of drug-likeness (QED) is 0.543. The second-order valence-electron chi connectivity index (χ2n) is 8.52. The number of nitrogens with zero attached hydrogens (tertiary/aromatic N) is 3. The number of anilines is 1. The Balaban J connectivity index is 1.55. The molecule has 178 valence electrons. The van der Waals surface area contributed by atoms with Crippen LogP contribution in [0.2, 0.25) is 5.02 Å². The van der Waals surface area contributed by atoms with Crippen LogP contribution in [-0.2, 0) is 21.3 Å². The van der Waals surface area contributed by atoms with Gasteiger partial charge in [0.15, 0.2) is 0 Å². The van der Waals surface area contributed by atoms with E-state index in [1.54, 1.807) is 36.4 Å². The number of pyridine rings is 1. The Morgan fingerprint density at radius 2 is 1.97 bits per heavy atom. The van der Waals surface area contributed by atoms with Gasteiger partial charge in [0.1, 0.15) is 6.17 Å². The number of hydrogen-bond donors (Lipinski definition) is 0. The molecule has 1 aliphatic heterocycles. The van der Waals surface area contributed by atoms with E-state index in [1.165, 1.54) is 17.6 Å². The molecule has 0 spiro atoms. The Labute approximate surface area is 198 Å². The molecule has 2 heterocycles. The van der Waals surface area contributed by atoms with Crippen LogP contribution < -0.4 is 4.31 Å². The zero-order chi connectivity index (χ0) is 23.6. The molecule has 2 aliphatic rings. The number of carbonyl (C=O) groups excluding carboxylic acids is 1. The summed E-state index contributed by atoms with van der Waals surface area (Å²) in [6.07, 6.45) is 2.70. The molecule has 1 saturated carbocycles. The Morgan fingerprint density at radius 1 is 1.24 bits per heavy atom. The highest BCUT2D eigenvalue weighted by atomic mass is 35.5. The van der Waals surface area contributed by atoms with Crippen LogP contribution in [0, 0.1) is 0 Å². The van der Waals surface area contributed by atoms with Crippen molar-refractivity contribution >= 4 is 33.3 Å². The van der Waals surface area contributed by atoms with Crippen LogP contribution in [0.4, 0.5) is 10.1 Å². The zero-order valence-electron chi connectivity index (χ0n) is 18.4. The van der Waals surface area contributed by atoms with Gasteiger partial charge < -0.3 is 9.64 Å². The Morgan fingerprint density at radius 3 is 2.55 bits per heavy atom. The van der Waals surface area contributed by atoms with Gasteiger partial charge in [-0.25, -0.2) is 17.6 Å². The maximum Gasteiger partial charge on any atom is 0.339 e. The van der Waals surface area contributed by atoms with E-state index in [0.29, 0.717) is 55.2 Å². The predicted octanol–water partition coefficient (Wildman–Crippen LogP) is 3.82. The fourth-order valence-corrected chi connectivity index (χ4v) is 6.47. The third kappa shape index (κ3) is 5.31. The van der Waals surface area contributed by atoms with E-state index in [9.17, 15) is 17.6 Å². The van der Waals surface area contributed by atoms with Crippen molar-refractivity contribution in [3.8, 4) is 0 Å². The van der Waals surface area contributed by atoms with Gasteiger partial charge >= 0.3 is 5.97 Å². The first-order chi connectivity index (χ1) is 15.8. The number of benzene rings is 1. The molecule has 1 aromatic carbocycles. The van der Waals surface area contributed by atoms with E-state index < -0.39 is 27.4 Å². The molecule has 0 atom stereocenters. The lowest BCUT2D eigenvalue weighted by Crippen LogP contribution is -2.52. The van der Waals surface area contributed by atoms with Crippen LogP contribution in [0.25, 0.3) is 0 Å². The third-order valence-corrected chi connectivity index (χ3v) is 8.93. The van der Waals surface area contributed by atoms with Crippen molar-refractivity contribution in [2.45, 2.75) is 49.7 Å². The van der Waals surface area contributed by atoms with Gasteiger partial charge in [0.2, 0.25) is 10.0 Å². The Bertz CT molecular complexity index is 1090. The maximum absolute atomic E-state index is 13.7. The number of esters is 1. The van der Waals surface area contributed by atoms with Crippen molar-refractivity contribution in [2.24, 2.45) is 0 Å². The van der Waals surface area contributed by atoms with E-state index in [-0.39, 0.29) is 18.2 Å². The van der Waals surface area contributed by atoms with E-state index in [0.717, 1.165) is 0 Å². The largest absolute Gasteiger partial charge is 0.465 e. The smallest absolute Gasteiger partial charge is 0.339 e. The van der Waals surface area contributed by atoms with E-state index in [4.69, 9.17) is 16.3 Å². The summed E-state index contributed by atoms with van der Waals surface area (Å²) < 4.78 is 46.8. The molecule has 1 saturated heterocycles. The van der Waals surface area contributed by atoms with Gasteiger partial charge in [-0.2, -0.15) is 0 Å². The summed E-state index contributed by atoms with van der Waals surface area (Å²) in [7, 11) is -2.44. The number of aromatic nitrogens is 1. The van der Waals surface area contributed by atoms with Crippen molar-refractivity contribution in [3.63, 3.8) is 0 Å². The number of hydrogen-bond acceptors (Lipinski definition) is 6. The Hall–Kier alpha value is -2.23. The molecule has 0 unspecified atom stereocenters. The van der Waals surface area contributed by atoms with Crippen LogP contribution in [0.15, 0.2) is 42.6 Å². The minimum Gasteiger partial charge on any atom is -0.465 e. The first-order valence-electron chi connectivity index (χ1n) is 11.0. The van der Waals surface area contributed by atoms with Crippen molar-refractivity contribution < 1.29 is 22.3 Å². The van der Waals surface area contributed by atoms with Gasteiger partial charge in [0.25, 0.3) is 0 Å². The highest BCUT2D eigenvalue weighted by Gasteiger charge is 2.40. The lowest BCUT2D eigenvalue weighted by atomic mass is 9.88. The number of sulfonamides is 1. The molecule has 1 aromatic heterocycles. The van der Waals surface area contributed by atoms with E-state index >= 15 is 0 Å². The summed E-state index contributed by atoms with van der Waals surface area (Å²) in [5, 5.41) is -0.120. The summed E-state index contributed by atoms with van der Waals surface area (Å²) in [5.74, 6) is -0.509. The van der Waals surface area contributed by atoms with E-state index in [2.05, 4.69) is 9.88 Å². The average Bonchev–Trinajstić information content (AvgIpc) is 2.80. The lowest BCUT2D eigenvalue weighted by Gasteiger charge is -2.43. The standard InChI is InChI=1S/C23H27ClFN3O4S/c1-32-23(29)16-5-6-19(26-14-16)15-28(20-4-2-3-17(24)11-20)33(30,31)22-7-9-27(10-8-22)21-12-18(25)13-21/h2-6,11,14,18,21-22H,7-10,12-13,15H2,1H3. The molecule has 4 rings (SSSR count). The molecule has 1 aliphatic carbocycles. The van der Waals surface area contributed by atoms with Crippen LogP contribution >= 0.6 is 11.6 Å². The van der Waals surface area contributed by atoms with Crippen molar-refractivity contribution in [2.75, 3.05) is 24.5 Å². The molecular formula is C23H27ClFN3O4S. The highest BCUT2D eigenvalue weighted by Crippen LogP contribution is 2.33. The molecule has 10 heteroatoms. The summed E-state index contributed by atoms with van der Waals surface area (Å²) in [6, 6.07) is 10.1. The van der Waals surface area contributed by atoms with Gasteiger partial charge in [-0.1, -0.05) is 17.7 Å². The van der Waals surface area contributed by atoms with Gasteiger partial charge in [-0.3, -0.25) is 9.29 Å². The van der Waals surface area contributed by atoms with Crippen LogP contribution in [0.5, 0.6) is 0 Å². The summed E-state index contributed by atoms with van der Waals surface area (Å²) in [6.45, 7) is 1.28. The molecule has 33 heavy (non-hydrogen) atoms. The second kappa shape index (κ2) is 9.95. The second-order valence-corrected chi connectivity index (χ2v) is 11.1. The monoisotopic (exact) mass is 495 g/mol. The van der Waals surface area contributed by atoms with Crippen LogP contribution in [-0.4, -0.2) is 61.9 Å². The summed E-state index contributed by atoms with van der Waals surface area (Å²) in [4.78, 5) is 18.2. The van der Waals surface area contributed by atoms with E-state index in [1.807, 2.05) is 0 Å². The van der Waals surface area contributed by atoms with Gasteiger partial charge in [0.05, 0.1) is 35.8 Å². The first kappa shape index (κ1) is 23.9. The fourth-order valence-electron chi connectivity index (χ4n) is 4.40. The minimum atomic E-state index is -3.73. The molecule has 7 nitrogen and oxygen atoms in total. The minimum absolute atomic E-state index is 0.0104. The number of halogens is 2. The first-order valence-corrected chi connectivity index (χ1v) is 12.8. The molecule has 0 radical (unpaired) electrons. The van der Waals surface area contributed by atoms with Crippen molar-refractivity contribution in [1.29, 1.82) is 0 Å². The average molecular weight is 496 g/mol. The molecule has 0 amide bonds. The summed E-state index contributed by atoms with van der Waals surface area (Å²) >= 11 is 6.16. The van der Waals surface area contributed by atoms with Crippen LogP contribution in [0.1, 0.15) is 41.7 Å². The van der Waals surface area contributed by atoms with Gasteiger partial charge in [-0.15, -0.1) is 0 Å². The Kier molecular flexibility index (Phi) is 7.21. The molecule has 2 fully saturated rings. The predicted molar refractivity (Wildman–Crippen MR) is 125 cm³/mol. The molecule has 2 aromatic rings. The summed E-state index contributed by atoms with van der Waals surface area (Å²) in [5.41, 5.74) is 1.24. The van der Waals surface area contributed by atoms with Gasteiger partial charge in [0, 0.05) is 17.3 Å². The topological polar surface area (TPSA) is 79.8 Å². The SMILES string of the molecule is COC(=O)c1ccc(CN(c2cccc(Cl)c2)S(=O)(=O)C2CCN(C3CC(F)C3)CC2)nc1. The van der Waals surface area contributed by atoms with Crippen molar-refractivity contribution in [1.82, 2.24) is 9.88 Å². The molecule has 0 bridgehead atoms. The normalized spacial score (nSPS) is 21.9. The number of rotatable bonds is 7. The molecule has 0 N–H and O–H groups in total. The highest BCUT2D eigenvalue weighted by molar-refractivity contribution is 7.93. The maximum atomic E-state index is 13.7. The number of ether oxygens (including phenoxy) is 1. The number of methoxy groups -OCH3 is 1. The lowest BCUT2D eigenvalue weighted by molar-refractivity contribution is 0.0424. The number of likely N-dealkylation sites (tertiary alicyclic amines) is 1. The zero-order valence-corrected chi connectivity index (χ0v) is 19.9. The number of piperidine rings is 1. The fraction of sp³-hybridized carbons (Fsp3) is 0.478. The third-order valence-electron chi connectivity index (χ3n) is 6.42. The number of carbonyl (C=O) groups is 1. The number of alkyl halides is 1. The van der Waals surface area contributed by atoms with Crippen molar-refractivity contribution in [3.05, 3.63) is 58.9 Å². The van der Waals surface area contributed by atoms with Gasteiger partial charge in [-0.05, 0) is 69.1 Å². The molecular weight excluding hydrogens is 469 g/mol.